The minimum atomic E-state index is -1.19. The lowest BCUT2D eigenvalue weighted by Crippen LogP contribution is -2.71. The summed E-state index contributed by atoms with van der Waals surface area (Å²) in [6, 6.07) is 2.81. The highest BCUT2D eigenvalue weighted by atomic mass is 32.2. The topological polar surface area (TPSA) is 160 Å². The Morgan fingerprint density at radius 3 is 2.97 bits per heavy atom. The first kappa shape index (κ1) is 26.4. The monoisotopic (exact) mass is 558 g/mol. The highest BCUT2D eigenvalue weighted by Crippen LogP contribution is 2.41. The Morgan fingerprint density at radius 1 is 1.46 bits per heavy atom. The molecule has 1 unspecified atom stereocenters. The maximum Gasteiger partial charge on any atom is 0.352 e. The third-order valence-electron chi connectivity index (χ3n) is 5.16. The number of oxime groups is 1. The van der Waals surface area contributed by atoms with Gasteiger partial charge in [-0.05, 0) is 28.7 Å². The van der Waals surface area contributed by atoms with Gasteiger partial charge in [0.2, 0.25) is 0 Å². The van der Waals surface area contributed by atoms with Crippen LogP contribution in [0.15, 0.2) is 64.4 Å². The Balaban J connectivity index is 1.45. The van der Waals surface area contributed by atoms with Crippen LogP contribution in [0.5, 0.6) is 0 Å². The number of pyridine rings is 1. The average molecular weight is 559 g/mol. The predicted molar refractivity (Wildman–Crippen MR) is 145 cm³/mol. The molecule has 2 aromatic heterocycles. The van der Waals surface area contributed by atoms with Gasteiger partial charge >= 0.3 is 5.97 Å². The number of aromatic nitrogens is 2. The van der Waals surface area contributed by atoms with Gasteiger partial charge in [-0.2, -0.15) is 0 Å². The van der Waals surface area contributed by atoms with Crippen molar-refractivity contribution in [3.63, 3.8) is 0 Å². The number of aliphatic carboxylic acids is 1. The van der Waals surface area contributed by atoms with Crippen molar-refractivity contribution in [3.05, 3.63) is 70.5 Å². The van der Waals surface area contributed by atoms with Crippen LogP contribution >= 0.6 is 34.9 Å². The largest absolute Gasteiger partial charge is 0.477 e. The first-order valence-electron chi connectivity index (χ1n) is 10.8. The summed E-state index contributed by atoms with van der Waals surface area (Å²) in [7, 11) is 0. The van der Waals surface area contributed by atoms with Crippen LogP contribution in [0.3, 0.4) is 0 Å². The summed E-state index contributed by atoms with van der Waals surface area (Å²) in [4.78, 5) is 52.5. The predicted octanol–water partition coefficient (Wildman–Crippen LogP) is 2.17. The van der Waals surface area contributed by atoms with E-state index in [9.17, 15) is 19.5 Å². The number of β-lactam (4-membered cyclic amide) rings is 1. The van der Waals surface area contributed by atoms with Crippen LogP contribution < -0.4 is 11.1 Å². The lowest BCUT2D eigenvalue weighted by Gasteiger charge is -2.49. The van der Waals surface area contributed by atoms with E-state index < -0.39 is 29.2 Å². The fourth-order valence-corrected chi connectivity index (χ4v) is 6.32. The molecule has 0 bridgehead atoms. The SMILES string of the molecule is C=CCON=C(C(=O)NC1C(=O)N2C(C(=O)O)=C(CSC=Cc3cccnc3)CS[C@@H]12)c1csc(N)n1. The lowest BCUT2D eigenvalue weighted by molar-refractivity contribution is -0.150. The number of nitrogens with one attached hydrogen (secondary N) is 1. The Kier molecular flexibility index (Phi) is 8.63. The van der Waals surface area contributed by atoms with E-state index in [1.165, 1.54) is 34.5 Å². The third kappa shape index (κ3) is 6.03. The van der Waals surface area contributed by atoms with Crippen molar-refractivity contribution in [1.82, 2.24) is 20.2 Å². The van der Waals surface area contributed by atoms with E-state index >= 15 is 0 Å². The van der Waals surface area contributed by atoms with E-state index in [0.29, 0.717) is 17.1 Å². The van der Waals surface area contributed by atoms with Crippen LogP contribution in [0.2, 0.25) is 0 Å². The number of fused-ring (bicyclic) bond motifs is 1. The summed E-state index contributed by atoms with van der Waals surface area (Å²) in [5.41, 5.74) is 7.25. The van der Waals surface area contributed by atoms with Crippen molar-refractivity contribution in [3.8, 4) is 0 Å². The van der Waals surface area contributed by atoms with Crippen molar-refractivity contribution in [2.75, 3.05) is 23.8 Å². The quantitative estimate of drug-likeness (QED) is 0.123. The van der Waals surface area contributed by atoms with E-state index in [1.54, 1.807) is 17.8 Å². The minimum absolute atomic E-state index is 0.0444. The Hall–Kier alpha value is -3.62. The number of thiazole rings is 1. The molecule has 2 amide bonds. The second-order valence-electron chi connectivity index (χ2n) is 7.61. The number of carbonyl (C=O) groups is 3. The van der Waals surface area contributed by atoms with E-state index in [1.807, 2.05) is 23.6 Å². The van der Waals surface area contributed by atoms with Crippen molar-refractivity contribution >= 4 is 69.6 Å². The van der Waals surface area contributed by atoms with E-state index in [0.717, 1.165) is 16.9 Å². The van der Waals surface area contributed by atoms with Gasteiger partial charge in [0.25, 0.3) is 11.8 Å². The Morgan fingerprint density at radius 2 is 2.30 bits per heavy atom. The molecule has 14 heteroatoms. The van der Waals surface area contributed by atoms with E-state index in [4.69, 9.17) is 10.6 Å². The van der Waals surface area contributed by atoms with Crippen LogP contribution in [-0.4, -0.2) is 73.0 Å². The molecule has 11 nitrogen and oxygen atoms in total. The van der Waals surface area contributed by atoms with Crippen molar-refractivity contribution in [2.45, 2.75) is 11.4 Å². The third-order valence-corrected chi connectivity index (χ3v) is 8.02. The molecule has 2 aliphatic rings. The van der Waals surface area contributed by atoms with Crippen LogP contribution in [-0.2, 0) is 19.2 Å². The Bertz CT molecular complexity index is 1290. The fraction of sp³-hybridized carbons (Fsp3) is 0.217. The van der Waals surface area contributed by atoms with Gasteiger partial charge in [0.1, 0.15) is 29.4 Å². The molecule has 1 fully saturated rings. The fourth-order valence-electron chi connectivity index (χ4n) is 3.51. The number of hydrogen-bond acceptors (Lipinski definition) is 11. The summed E-state index contributed by atoms with van der Waals surface area (Å²) in [5.74, 6) is -1.58. The number of carboxylic acid groups (broad SMARTS) is 1. The van der Waals surface area contributed by atoms with Crippen LogP contribution in [0.4, 0.5) is 5.13 Å². The van der Waals surface area contributed by atoms with Crippen molar-refractivity contribution in [2.24, 2.45) is 5.16 Å². The molecule has 4 heterocycles. The van der Waals surface area contributed by atoms with Gasteiger partial charge in [0.15, 0.2) is 10.8 Å². The van der Waals surface area contributed by atoms with Crippen molar-refractivity contribution in [1.29, 1.82) is 0 Å². The molecular formula is C23H22N6O5S3. The first-order chi connectivity index (χ1) is 17.9. The van der Waals surface area contributed by atoms with Gasteiger partial charge in [-0.15, -0.1) is 34.9 Å². The van der Waals surface area contributed by atoms with Gasteiger partial charge < -0.3 is 21.0 Å². The number of nitrogen functional groups attached to an aromatic ring is 1. The van der Waals surface area contributed by atoms with Gasteiger partial charge in [-0.3, -0.25) is 19.5 Å². The molecule has 4 rings (SSSR count). The molecule has 1 saturated heterocycles. The van der Waals surface area contributed by atoms with Crippen LogP contribution in [0.25, 0.3) is 6.08 Å². The van der Waals surface area contributed by atoms with Gasteiger partial charge in [-0.1, -0.05) is 23.9 Å². The summed E-state index contributed by atoms with van der Waals surface area (Å²) in [5, 5.41) is 19.4. The van der Waals surface area contributed by atoms with E-state index in [-0.39, 0.29) is 28.8 Å². The summed E-state index contributed by atoms with van der Waals surface area (Å²) in [6.45, 7) is 3.59. The number of rotatable bonds is 11. The molecule has 0 aliphatic carbocycles. The zero-order valence-corrected chi connectivity index (χ0v) is 21.7. The summed E-state index contributed by atoms with van der Waals surface area (Å²) in [6.07, 6.45) is 6.75. The zero-order chi connectivity index (χ0) is 26.4. The molecule has 0 radical (unpaired) electrons. The van der Waals surface area contributed by atoms with Crippen molar-refractivity contribution < 1.29 is 24.3 Å². The molecule has 4 N–H and O–H groups in total. The smallest absolute Gasteiger partial charge is 0.352 e. The minimum Gasteiger partial charge on any atom is -0.477 e. The number of carboxylic acids is 1. The second kappa shape index (κ2) is 12.1. The number of nitrogens with two attached hydrogens (primary N) is 1. The van der Waals surface area contributed by atoms with Gasteiger partial charge in [0, 0.05) is 29.3 Å². The molecule has 2 aromatic rings. The van der Waals surface area contributed by atoms with Gasteiger partial charge in [-0.25, -0.2) is 9.78 Å². The Labute approximate surface area is 224 Å². The standard InChI is InChI=1S/C23H22N6O5S3/c1-2-7-34-28-16(15-12-37-23(24)26-15)19(30)27-17-20(31)29-18(22(32)33)14(11-36-21(17)29)10-35-8-5-13-4-3-6-25-9-13/h2-6,8-9,12,17,21H,1,7,10-11H2,(H2,24,26)(H,27,30)(H,32,33)/t17?,21-/m0/s1. The maximum atomic E-state index is 13.0. The maximum absolute atomic E-state index is 13.0. The summed E-state index contributed by atoms with van der Waals surface area (Å²) < 4.78 is 0. The number of nitrogens with zero attached hydrogens (tertiary/aromatic N) is 4. The molecule has 37 heavy (non-hydrogen) atoms. The van der Waals surface area contributed by atoms with Crippen LogP contribution in [0, 0.1) is 0 Å². The molecule has 192 valence electrons. The molecule has 2 aliphatic heterocycles. The van der Waals surface area contributed by atoms with Crippen LogP contribution in [0.1, 0.15) is 11.3 Å². The number of thioether (sulfide) groups is 2. The lowest BCUT2D eigenvalue weighted by atomic mass is 10.0. The van der Waals surface area contributed by atoms with E-state index in [2.05, 4.69) is 27.0 Å². The molecule has 0 spiro atoms. The first-order valence-corrected chi connectivity index (χ1v) is 13.8. The summed E-state index contributed by atoms with van der Waals surface area (Å²) >= 11 is 3.94. The normalized spacial score (nSPS) is 19.4. The molecule has 0 aromatic carbocycles. The number of amides is 2. The highest BCUT2D eigenvalue weighted by molar-refractivity contribution is 8.02. The van der Waals surface area contributed by atoms with Gasteiger partial charge in [0.05, 0.1) is 0 Å². The average Bonchev–Trinajstić information content (AvgIpc) is 3.33. The molecule has 2 atom stereocenters. The zero-order valence-electron chi connectivity index (χ0n) is 19.3. The number of carbonyl (C=O) groups excluding carboxylic acids is 2. The number of hydrogen-bond donors (Lipinski definition) is 3. The highest BCUT2D eigenvalue weighted by Gasteiger charge is 2.54. The second-order valence-corrected chi connectivity index (χ2v) is 10.5. The number of anilines is 1. The molecular weight excluding hydrogens is 536 g/mol. The molecule has 0 saturated carbocycles.